The largest absolute Gasteiger partial charge is 0.378 e. The van der Waals surface area contributed by atoms with E-state index in [4.69, 9.17) is 4.74 Å². The van der Waals surface area contributed by atoms with Gasteiger partial charge in [0.15, 0.2) is 0 Å². The van der Waals surface area contributed by atoms with Crippen LogP contribution in [0.3, 0.4) is 0 Å². The molecule has 0 bridgehead atoms. The molecule has 4 heteroatoms. The van der Waals surface area contributed by atoms with Crippen LogP contribution in [-0.4, -0.2) is 35.9 Å². The van der Waals surface area contributed by atoms with Gasteiger partial charge in [0.2, 0.25) is 0 Å². The van der Waals surface area contributed by atoms with Crippen LogP contribution in [-0.2, 0) is 4.74 Å². The van der Waals surface area contributed by atoms with Crippen molar-refractivity contribution in [3.63, 3.8) is 0 Å². The van der Waals surface area contributed by atoms with Crippen LogP contribution >= 0.6 is 0 Å². The fourth-order valence-corrected chi connectivity index (χ4v) is 1.65. The van der Waals surface area contributed by atoms with Crippen LogP contribution in [0.4, 0.5) is 0 Å². The van der Waals surface area contributed by atoms with Gasteiger partial charge in [-0.15, -0.1) is 0 Å². The standard InChI is InChI=1S/C18H25NO3/c1-5-12-22-14(2)13-19-17(20)16-8-6-15(7-9-16)10-11-18(3,4)21/h6-9,14,21H,5,12-13H2,1-4H3,(H,19,20)/t14-/m0/s1. The maximum Gasteiger partial charge on any atom is 0.251 e. The van der Waals surface area contributed by atoms with Crippen molar-refractivity contribution in [3.05, 3.63) is 35.4 Å². The quantitative estimate of drug-likeness (QED) is 0.793. The third-order valence-corrected chi connectivity index (χ3v) is 2.82. The highest BCUT2D eigenvalue weighted by Gasteiger charge is 2.08. The molecule has 1 amide bonds. The molecule has 0 aliphatic carbocycles. The highest BCUT2D eigenvalue weighted by molar-refractivity contribution is 5.94. The van der Waals surface area contributed by atoms with Gasteiger partial charge in [-0.25, -0.2) is 0 Å². The summed E-state index contributed by atoms with van der Waals surface area (Å²) >= 11 is 0. The molecule has 1 aromatic rings. The molecule has 0 spiro atoms. The third kappa shape index (κ3) is 7.26. The average molecular weight is 303 g/mol. The summed E-state index contributed by atoms with van der Waals surface area (Å²) < 4.78 is 5.50. The van der Waals surface area contributed by atoms with Crippen LogP contribution in [0.1, 0.15) is 50.0 Å². The second kappa shape index (κ2) is 8.57. The Balaban J connectivity index is 2.55. The van der Waals surface area contributed by atoms with Gasteiger partial charge >= 0.3 is 0 Å². The van der Waals surface area contributed by atoms with E-state index in [1.54, 1.807) is 38.1 Å². The SMILES string of the molecule is CCCO[C@@H](C)CNC(=O)c1ccc(C#CC(C)(C)O)cc1. The lowest BCUT2D eigenvalue weighted by Crippen LogP contribution is -2.32. The zero-order valence-electron chi connectivity index (χ0n) is 13.8. The Labute approximate surface area is 132 Å². The number of aliphatic hydroxyl groups is 1. The van der Waals surface area contributed by atoms with Crippen molar-refractivity contribution < 1.29 is 14.6 Å². The number of amides is 1. The molecule has 4 nitrogen and oxygen atoms in total. The molecular formula is C18H25NO3. The summed E-state index contributed by atoms with van der Waals surface area (Å²) in [5, 5.41) is 12.4. The van der Waals surface area contributed by atoms with Crippen molar-refractivity contribution in [1.82, 2.24) is 5.32 Å². The van der Waals surface area contributed by atoms with Crippen molar-refractivity contribution in [1.29, 1.82) is 0 Å². The van der Waals surface area contributed by atoms with Gasteiger partial charge < -0.3 is 15.2 Å². The van der Waals surface area contributed by atoms with Crippen molar-refractivity contribution in [2.24, 2.45) is 0 Å². The predicted molar refractivity (Wildman–Crippen MR) is 87.7 cm³/mol. The highest BCUT2D eigenvalue weighted by Crippen LogP contribution is 2.05. The Morgan fingerprint density at radius 1 is 1.36 bits per heavy atom. The van der Waals surface area contributed by atoms with Gasteiger partial charge in [-0.05, 0) is 51.5 Å². The summed E-state index contributed by atoms with van der Waals surface area (Å²) in [5.74, 6) is 5.48. The van der Waals surface area contributed by atoms with Gasteiger partial charge in [-0.2, -0.15) is 0 Å². The maximum absolute atomic E-state index is 12.0. The monoisotopic (exact) mass is 303 g/mol. The fourth-order valence-electron chi connectivity index (χ4n) is 1.65. The van der Waals surface area contributed by atoms with Crippen molar-refractivity contribution in [3.8, 4) is 11.8 Å². The molecule has 22 heavy (non-hydrogen) atoms. The molecule has 0 saturated carbocycles. The van der Waals surface area contributed by atoms with Crippen LogP contribution in [0, 0.1) is 11.8 Å². The van der Waals surface area contributed by atoms with E-state index >= 15 is 0 Å². The number of carbonyl (C=O) groups excluding carboxylic acids is 1. The molecule has 0 saturated heterocycles. The number of rotatable bonds is 6. The van der Waals surface area contributed by atoms with E-state index in [1.165, 1.54) is 0 Å². The van der Waals surface area contributed by atoms with Gasteiger partial charge in [0, 0.05) is 24.3 Å². The highest BCUT2D eigenvalue weighted by atomic mass is 16.5. The van der Waals surface area contributed by atoms with Crippen LogP contribution in [0.5, 0.6) is 0 Å². The number of carbonyl (C=O) groups is 1. The Hall–Kier alpha value is -1.83. The molecule has 0 unspecified atom stereocenters. The molecule has 120 valence electrons. The minimum atomic E-state index is -1.02. The zero-order chi connectivity index (χ0) is 16.6. The van der Waals surface area contributed by atoms with E-state index in [0.717, 1.165) is 12.0 Å². The minimum Gasteiger partial charge on any atom is -0.378 e. The van der Waals surface area contributed by atoms with Gasteiger partial charge in [-0.1, -0.05) is 18.8 Å². The first-order valence-corrected chi connectivity index (χ1v) is 7.57. The number of benzene rings is 1. The second-order valence-electron chi connectivity index (χ2n) is 5.78. The third-order valence-electron chi connectivity index (χ3n) is 2.82. The molecule has 1 atom stereocenters. The molecule has 1 rings (SSSR count). The van der Waals surface area contributed by atoms with E-state index in [2.05, 4.69) is 17.2 Å². The van der Waals surface area contributed by atoms with Crippen molar-refractivity contribution >= 4 is 5.91 Å². The van der Waals surface area contributed by atoms with Crippen LogP contribution in [0.25, 0.3) is 0 Å². The number of hydrogen-bond acceptors (Lipinski definition) is 3. The van der Waals surface area contributed by atoms with Crippen molar-refractivity contribution in [2.45, 2.75) is 45.8 Å². The summed E-state index contributed by atoms with van der Waals surface area (Å²) in [6.07, 6.45) is 0.964. The fraction of sp³-hybridized carbons (Fsp3) is 0.500. The van der Waals surface area contributed by atoms with Crippen LogP contribution < -0.4 is 5.32 Å². The first kappa shape index (κ1) is 18.2. The Bertz CT molecular complexity index is 532. The number of nitrogens with one attached hydrogen (secondary N) is 1. The summed E-state index contributed by atoms with van der Waals surface area (Å²) in [4.78, 5) is 12.0. The molecule has 2 N–H and O–H groups in total. The van der Waals surface area contributed by atoms with E-state index < -0.39 is 5.60 Å². The van der Waals surface area contributed by atoms with Gasteiger partial charge in [-0.3, -0.25) is 4.79 Å². The molecule has 0 aliphatic heterocycles. The molecular weight excluding hydrogens is 278 g/mol. The van der Waals surface area contributed by atoms with Gasteiger partial charge in [0.25, 0.3) is 5.91 Å². The summed E-state index contributed by atoms with van der Waals surface area (Å²) in [5.41, 5.74) is 0.319. The van der Waals surface area contributed by atoms with E-state index in [-0.39, 0.29) is 12.0 Å². The summed E-state index contributed by atoms with van der Waals surface area (Å²) in [6.45, 7) is 8.43. The topological polar surface area (TPSA) is 58.6 Å². The second-order valence-corrected chi connectivity index (χ2v) is 5.78. The van der Waals surface area contributed by atoms with Crippen LogP contribution in [0.2, 0.25) is 0 Å². The Kier molecular flexibility index (Phi) is 7.10. The van der Waals surface area contributed by atoms with E-state index in [1.807, 2.05) is 13.8 Å². The Morgan fingerprint density at radius 2 is 2.00 bits per heavy atom. The number of ether oxygens (including phenoxy) is 1. The molecule has 0 aromatic heterocycles. The molecule has 0 radical (unpaired) electrons. The molecule has 0 heterocycles. The molecule has 0 aliphatic rings. The van der Waals surface area contributed by atoms with E-state index in [9.17, 15) is 9.90 Å². The molecule has 0 fully saturated rings. The van der Waals surface area contributed by atoms with Crippen molar-refractivity contribution in [2.75, 3.05) is 13.2 Å². The zero-order valence-corrected chi connectivity index (χ0v) is 13.8. The first-order chi connectivity index (χ1) is 10.3. The molecule has 1 aromatic carbocycles. The lowest BCUT2D eigenvalue weighted by atomic mass is 10.1. The van der Waals surface area contributed by atoms with Gasteiger partial charge in [0.05, 0.1) is 6.10 Å². The normalized spacial score (nSPS) is 12.2. The predicted octanol–water partition coefficient (Wildman–Crippen LogP) is 2.35. The maximum atomic E-state index is 12.0. The van der Waals surface area contributed by atoms with Crippen LogP contribution in [0.15, 0.2) is 24.3 Å². The smallest absolute Gasteiger partial charge is 0.251 e. The number of hydrogen-bond donors (Lipinski definition) is 2. The average Bonchev–Trinajstić information content (AvgIpc) is 2.48. The lowest BCUT2D eigenvalue weighted by molar-refractivity contribution is 0.0622. The van der Waals surface area contributed by atoms with Gasteiger partial charge in [0.1, 0.15) is 5.60 Å². The first-order valence-electron chi connectivity index (χ1n) is 7.57. The Morgan fingerprint density at radius 3 is 2.55 bits per heavy atom. The van der Waals surface area contributed by atoms with E-state index in [0.29, 0.717) is 18.7 Å². The lowest BCUT2D eigenvalue weighted by Gasteiger charge is -2.13. The summed E-state index contributed by atoms with van der Waals surface area (Å²) in [6, 6.07) is 6.98. The minimum absolute atomic E-state index is 0.000764. The summed E-state index contributed by atoms with van der Waals surface area (Å²) in [7, 11) is 0.